The van der Waals surface area contributed by atoms with Crippen molar-refractivity contribution in [2.24, 2.45) is 11.8 Å². The van der Waals surface area contributed by atoms with Gasteiger partial charge in [-0.3, -0.25) is 9.59 Å². The molecule has 5 rings (SSSR count). The van der Waals surface area contributed by atoms with Gasteiger partial charge in [-0.25, -0.2) is 0 Å². The minimum atomic E-state index is -1.06. The summed E-state index contributed by atoms with van der Waals surface area (Å²) in [4.78, 5) is 32.7. The molecule has 0 saturated carbocycles. The van der Waals surface area contributed by atoms with Crippen LogP contribution < -0.4 is 20.4 Å². The smallest absolute Gasteiger partial charge is 0.227 e. The summed E-state index contributed by atoms with van der Waals surface area (Å²) in [6, 6.07) is 9.28. The monoisotopic (exact) mass is 771 g/mol. The molecule has 6 unspecified atom stereocenters. The van der Waals surface area contributed by atoms with Gasteiger partial charge in [0.1, 0.15) is 5.76 Å². The number of carbonyl (C=O) groups is 2. The number of unbranched alkanes of at least 4 members (excludes halogenated alkanes) is 2. The number of amides is 2. The van der Waals surface area contributed by atoms with Crippen LogP contribution in [0, 0.1) is 11.8 Å². The van der Waals surface area contributed by atoms with E-state index in [9.17, 15) is 19.8 Å². The highest BCUT2D eigenvalue weighted by molar-refractivity contribution is 6.00. The largest absolute Gasteiger partial charge is 0.511 e. The lowest BCUT2D eigenvalue weighted by atomic mass is 9.70. The Balaban J connectivity index is 1.69. The van der Waals surface area contributed by atoms with E-state index in [1.165, 1.54) is 0 Å². The van der Waals surface area contributed by atoms with E-state index < -0.39 is 12.0 Å². The second kappa shape index (κ2) is 16.8. The van der Waals surface area contributed by atoms with Crippen molar-refractivity contribution >= 4 is 40.1 Å². The first kappa shape index (κ1) is 43.6. The molecule has 6 atom stereocenters. The minimum absolute atomic E-state index is 0.0238. The first-order valence-electron chi connectivity index (χ1n) is 22.0. The van der Waals surface area contributed by atoms with Crippen LogP contribution in [-0.2, 0) is 20.4 Å². The Labute approximate surface area is 338 Å². The first-order valence-corrected chi connectivity index (χ1v) is 22.0. The van der Waals surface area contributed by atoms with Crippen molar-refractivity contribution in [1.82, 2.24) is 0 Å². The van der Waals surface area contributed by atoms with Gasteiger partial charge in [-0.05, 0) is 102 Å². The first-order chi connectivity index (χ1) is 26.3. The number of nitrogens with zero attached hydrogens (tertiary/aromatic N) is 2. The van der Waals surface area contributed by atoms with Crippen LogP contribution >= 0.6 is 0 Å². The Morgan fingerprint density at radius 1 is 0.714 bits per heavy atom. The lowest BCUT2D eigenvalue weighted by molar-refractivity contribution is -0.121. The number of rotatable bonds is 16. The number of carbonyl (C=O) groups excluding carboxylic acids is 2. The van der Waals surface area contributed by atoms with Crippen LogP contribution in [-0.4, -0.2) is 52.3 Å². The zero-order chi connectivity index (χ0) is 41.6. The van der Waals surface area contributed by atoms with Gasteiger partial charge in [0.15, 0.2) is 0 Å². The number of benzene rings is 2. The summed E-state index contributed by atoms with van der Waals surface area (Å²) < 4.78 is 0. The van der Waals surface area contributed by atoms with E-state index >= 15 is 0 Å². The Morgan fingerprint density at radius 2 is 1.14 bits per heavy atom. The molecule has 3 aliphatic rings. The number of anilines is 4. The molecule has 0 bridgehead atoms. The van der Waals surface area contributed by atoms with E-state index in [4.69, 9.17) is 0 Å². The van der Waals surface area contributed by atoms with Gasteiger partial charge in [0.05, 0.1) is 17.7 Å². The van der Waals surface area contributed by atoms with Gasteiger partial charge < -0.3 is 30.6 Å². The van der Waals surface area contributed by atoms with Crippen molar-refractivity contribution in [3.63, 3.8) is 0 Å². The lowest BCUT2D eigenvalue weighted by Crippen LogP contribution is -2.42. The molecule has 0 spiro atoms. The van der Waals surface area contributed by atoms with Crippen molar-refractivity contribution in [3.8, 4) is 0 Å². The number of nitrogens with one attached hydrogen (secondary N) is 2. The average molecular weight is 771 g/mol. The molecule has 2 aliphatic heterocycles. The van der Waals surface area contributed by atoms with Crippen molar-refractivity contribution in [1.29, 1.82) is 0 Å². The fourth-order valence-corrected chi connectivity index (χ4v) is 9.92. The molecule has 56 heavy (non-hydrogen) atoms. The second-order valence-electron chi connectivity index (χ2n) is 18.9. The summed E-state index contributed by atoms with van der Waals surface area (Å²) in [5.74, 6) is -0.983. The molecular weight excluding hydrogens is 697 g/mol. The van der Waals surface area contributed by atoms with Gasteiger partial charge in [0, 0.05) is 75.0 Å². The standard InChI is InChI=1S/C48H74N4O4/c1-15-19-21-31(17-3)45(55)49-37-25-39-35(47(11,12)29(9)51(39)27(5)6)23-33(37)41-43(53)42(44(41)54)34-24-36-40(52(28(7)8)30(10)48(36,13)14)26-38(34)50-46(56)32(18-4)22-20-16-2/h23-32,41,43,53-54H,15-22H2,1-14H3,(H,49,55)(H,50,56). The molecule has 8 nitrogen and oxygen atoms in total. The summed E-state index contributed by atoms with van der Waals surface area (Å²) >= 11 is 0. The number of fused-ring (bicyclic) bond motifs is 2. The van der Waals surface area contributed by atoms with Crippen LogP contribution in [0.25, 0.3) is 5.57 Å². The molecule has 2 aromatic rings. The number of aliphatic hydroxyl groups excluding tert-OH is 2. The SMILES string of the molecule is CCCCC(CC)C(=O)Nc1cc2c(cc1C1=C(O)C(c3cc4c(cc3NC(=O)C(CC)CCCC)N(C(C)C)C(C)C4(C)C)C1O)C(C)(C)C(C)N2C(C)C. The highest BCUT2D eigenvalue weighted by atomic mass is 16.3. The third-order valence-corrected chi connectivity index (χ3v) is 14.1. The Bertz CT molecular complexity index is 1810. The van der Waals surface area contributed by atoms with Crippen LogP contribution in [0.5, 0.6) is 0 Å². The van der Waals surface area contributed by atoms with E-state index in [0.29, 0.717) is 22.5 Å². The molecule has 0 fully saturated rings. The fourth-order valence-electron chi connectivity index (χ4n) is 9.92. The van der Waals surface area contributed by atoms with E-state index in [-0.39, 0.29) is 64.4 Å². The number of aliphatic hydroxyl groups is 2. The van der Waals surface area contributed by atoms with Crippen LogP contribution in [0.4, 0.5) is 22.7 Å². The highest BCUT2D eigenvalue weighted by Gasteiger charge is 2.49. The molecule has 2 heterocycles. The van der Waals surface area contributed by atoms with Crippen LogP contribution in [0.15, 0.2) is 30.0 Å². The molecule has 1 aliphatic carbocycles. The summed E-state index contributed by atoms with van der Waals surface area (Å²) in [6.07, 6.45) is 6.04. The van der Waals surface area contributed by atoms with Crippen molar-refractivity contribution in [3.05, 3.63) is 52.3 Å². The predicted octanol–water partition coefficient (Wildman–Crippen LogP) is 11.2. The maximum Gasteiger partial charge on any atom is 0.227 e. The van der Waals surface area contributed by atoms with Crippen molar-refractivity contribution in [2.75, 3.05) is 20.4 Å². The molecule has 310 valence electrons. The van der Waals surface area contributed by atoms with Gasteiger partial charge in [-0.1, -0.05) is 87.1 Å². The van der Waals surface area contributed by atoms with Crippen molar-refractivity contribution in [2.45, 2.75) is 195 Å². The molecule has 4 N–H and O–H groups in total. The highest BCUT2D eigenvalue weighted by Crippen LogP contribution is 2.56. The predicted molar refractivity (Wildman–Crippen MR) is 235 cm³/mol. The van der Waals surface area contributed by atoms with E-state index in [0.717, 1.165) is 79.4 Å². The topological polar surface area (TPSA) is 105 Å². The Morgan fingerprint density at radius 3 is 1.55 bits per heavy atom. The second-order valence-corrected chi connectivity index (χ2v) is 18.9. The third kappa shape index (κ3) is 7.49. The minimum Gasteiger partial charge on any atom is -0.511 e. The molecule has 0 radical (unpaired) electrons. The van der Waals surface area contributed by atoms with Gasteiger partial charge in [-0.2, -0.15) is 0 Å². The summed E-state index contributed by atoms with van der Waals surface area (Å²) in [5, 5.41) is 31.3. The fraction of sp³-hybridized carbons (Fsp3) is 0.667. The molecule has 2 amide bonds. The number of hydrogen-bond donors (Lipinski definition) is 4. The van der Waals surface area contributed by atoms with Crippen LogP contribution in [0.3, 0.4) is 0 Å². The van der Waals surface area contributed by atoms with Crippen molar-refractivity contribution < 1.29 is 19.8 Å². The van der Waals surface area contributed by atoms with E-state index in [1.807, 2.05) is 0 Å². The van der Waals surface area contributed by atoms with Gasteiger partial charge in [-0.15, -0.1) is 0 Å². The lowest BCUT2D eigenvalue weighted by Gasteiger charge is -2.38. The van der Waals surface area contributed by atoms with Gasteiger partial charge in [0.25, 0.3) is 0 Å². The average Bonchev–Trinajstić information content (AvgIpc) is 3.45. The number of hydrogen-bond acceptors (Lipinski definition) is 6. The van der Waals surface area contributed by atoms with E-state index in [1.54, 1.807) is 0 Å². The summed E-state index contributed by atoms with van der Waals surface area (Å²) in [6.45, 7) is 30.7. The molecule has 2 aromatic carbocycles. The van der Waals surface area contributed by atoms with Crippen LogP contribution in [0.1, 0.15) is 176 Å². The Hall–Kier alpha value is -3.52. The zero-order valence-electron chi connectivity index (χ0n) is 37.2. The maximum absolute atomic E-state index is 13.9. The van der Waals surface area contributed by atoms with E-state index in [2.05, 4.69) is 142 Å². The molecule has 0 aromatic heterocycles. The molecule has 0 saturated heterocycles. The normalized spacial score (nSPS) is 23.3. The Kier molecular flexibility index (Phi) is 13.0. The van der Waals surface area contributed by atoms with Gasteiger partial charge in [0.2, 0.25) is 11.8 Å². The molecule has 8 heteroatoms. The van der Waals surface area contributed by atoms with Gasteiger partial charge >= 0.3 is 0 Å². The summed E-state index contributed by atoms with van der Waals surface area (Å²) in [7, 11) is 0. The third-order valence-electron chi connectivity index (χ3n) is 14.1. The summed E-state index contributed by atoms with van der Waals surface area (Å²) in [5.41, 5.74) is 7.08. The quantitative estimate of drug-likeness (QED) is 0.135. The molecular formula is C48H74N4O4. The zero-order valence-corrected chi connectivity index (χ0v) is 37.2. The van der Waals surface area contributed by atoms with Crippen LogP contribution in [0.2, 0.25) is 0 Å². The maximum atomic E-state index is 13.9.